The van der Waals surface area contributed by atoms with E-state index in [4.69, 9.17) is 14.2 Å². The van der Waals surface area contributed by atoms with Crippen molar-refractivity contribution in [3.05, 3.63) is 0 Å². The summed E-state index contributed by atoms with van der Waals surface area (Å²) in [6.07, 6.45) is 14.4. The second-order valence-electron chi connectivity index (χ2n) is 14.3. The number of hydrogen-bond donors (Lipinski definition) is 0. The van der Waals surface area contributed by atoms with Gasteiger partial charge in [-0.3, -0.25) is 4.79 Å². The molecule has 198 valence electrons. The van der Waals surface area contributed by atoms with Gasteiger partial charge in [-0.25, -0.2) is 0 Å². The average molecular weight is 487 g/mol. The average Bonchev–Trinajstić information content (AvgIpc) is 3.26. The fourth-order valence-corrected chi connectivity index (χ4v) is 10.8. The molecule has 4 nitrogen and oxygen atoms in total. The van der Waals surface area contributed by atoms with E-state index in [1.165, 1.54) is 44.9 Å². The first-order chi connectivity index (χ1) is 16.7. The summed E-state index contributed by atoms with van der Waals surface area (Å²) in [5.41, 5.74) is 0.823. The molecule has 0 aromatic rings. The van der Waals surface area contributed by atoms with Crippen LogP contribution in [0.25, 0.3) is 0 Å². The summed E-state index contributed by atoms with van der Waals surface area (Å²) >= 11 is 0. The number of carbonyl (C=O) groups is 1. The first-order valence-corrected chi connectivity index (χ1v) is 15.2. The van der Waals surface area contributed by atoms with Gasteiger partial charge in [0.2, 0.25) is 0 Å². The van der Waals surface area contributed by atoms with Crippen molar-refractivity contribution >= 4 is 5.97 Å². The van der Waals surface area contributed by atoms with Crippen LogP contribution in [0.5, 0.6) is 0 Å². The van der Waals surface area contributed by atoms with Gasteiger partial charge in [0.25, 0.3) is 0 Å². The zero-order valence-electron chi connectivity index (χ0n) is 23.0. The van der Waals surface area contributed by atoms with Crippen LogP contribution in [0.15, 0.2) is 0 Å². The second kappa shape index (κ2) is 8.72. The van der Waals surface area contributed by atoms with Gasteiger partial charge < -0.3 is 14.2 Å². The van der Waals surface area contributed by atoms with Crippen molar-refractivity contribution in [1.29, 1.82) is 0 Å². The molecule has 0 aromatic carbocycles. The highest BCUT2D eigenvalue weighted by atomic mass is 16.7. The molecule has 4 heteroatoms. The van der Waals surface area contributed by atoms with Crippen LogP contribution in [0.3, 0.4) is 0 Å². The van der Waals surface area contributed by atoms with Crippen LogP contribution in [-0.2, 0) is 19.0 Å². The van der Waals surface area contributed by atoms with Gasteiger partial charge >= 0.3 is 5.97 Å². The van der Waals surface area contributed by atoms with Gasteiger partial charge in [-0.05, 0) is 111 Å². The number of fused-ring (bicyclic) bond motifs is 7. The van der Waals surface area contributed by atoms with Crippen molar-refractivity contribution in [2.45, 2.75) is 130 Å². The number of rotatable bonds is 3. The molecule has 0 bridgehead atoms. The first-order valence-electron chi connectivity index (χ1n) is 15.2. The molecule has 2 saturated heterocycles. The van der Waals surface area contributed by atoms with Crippen LogP contribution in [0.4, 0.5) is 0 Å². The fourth-order valence-electron chi connectivity index (χ4n) is 10.8. The van der Waals surface area contributed by atoms with Crippen molar-refractivity contribution in [2.75, 3.05) is 6.61 Å². The second-order valence-corrected chi connectivity index (χ2v) is 14.3. The van der Waals surface area contributed by atoms with Gasteiger partial charge in [-0.15, -0.1) is 0 Å². The molecule has 6 rings (SSSR count). The highest BCUT2D eigenvalue weighted by Crippen LogP contribution is 2.71. The summed E-state index contributed by atoms with van der Waals surface area (Å²) in [4.78, 5) is 12.1. The maximum Gasteiger partial charge on any atom is 0.306 e. The molecule has 1 spiro atoms. The smallest absolute Gasteiger partial charge is 0.306 e. The quantitative estimate of drug-likeness (QED) is 0.398. The maximum absolute atomic E-state index is 12.1. The van der Waals surface area contributed by atoms with Crippen molar-refractivity contribution in [3.63, 3.8) is 0 Å². The Morgan fingerprint density at radius 2 is 1.74 bits per heavy atom. The summed E-state index contributed by atoms with van der Waals surface area (Å²) in [6.45, 7) is 12.9. The Labute approximate surface area is 213 Å². The van der Waals surface area contributed by atoms with Crippen LogP contribution in [-0.4, -0.2) is 30.6 Å². The van der Waals surface area contributed by atoms with E-state index < -0.39 is 0 Å². The van der Waals surface area contributed by atoms with Crippen molar-refractivity contribution in [2.24, 2.45) is 52.3 Å². The number of esters is 1. The van der Waals surface area contributed by atoms with E-state index in [0.717, 1.165) is 56.0 Å². The fraction of sp³-hybridized carbons (Fsp3) is 0.968. The van der Waals surface area contributed by atoms with Gasteiger partial charge in [0.15, 0.2) is 5.79 Å². The van der Waals surface area contributed by atoms with Crippen molar-refractivity contribution in [3.8, 4) is 0 Å². The zero-order chi connectivity index (χ0) is 24.6. The molecule has 0 amide bonds. The van der Waals surface area contributed by atoms with Crippen LogP contribution in [0, 0.1) is 52.3 Å². The lowest BCUT2D eigenvalue weighted by atomic mass is 9.44. The van der Waals surface area contributed by atoms with E-state index in [2.05, 4.69) is 34.6 Å². The highest BCUT2D eigenvalue weighted by Gasteiger charge is 2.69. The van der Waals surface area contributed by atoms with Gasteiger partial charge in [-0.2, -0.15) is 0 Å². The monoisotopic (exact) mass is 486 g/mol. The van der Waals surface area contributed by atoms with E-state index in [1.807, 2.05) is 0 Å². The summed E-state index contributed by atoms with van der Waals surface area (Å²) < 4.78 is 19.3. The molecule has 0 aromatic heterocycles. The van der Waals surface area contributed by atoms with E-state index in [9.17, 15) is 4.79 Å². The largest absolute Gasteiger partial charge is 0.462 e. The zero-order valence-corrected chi connectivity index (χ0v) is 23.0. The predicted molar refractivity (Wildman–Crippen MR) is 137 cm³/mol. The summed E-state index contributed by atoms with van der Waals surface area (Å²) in [6, 6.07) is 0. The lowest BCUT2D eigenvalue weighted by Crippen LogP contribution is -2.55. The molecule has 6 fully saturated rings. The van der Waals surface area contributed by atoms with E-state index in [-0.39, 0.29) is 17.9 Å². The normalized spacial score (nSPS) is 55.1. The maximum atomic E-state index is 12.1. The Morgan fingerprint density at radius 1 is 0.943 bits per heavy atom. The summed E-state index contributed by atoms with van der Waals surface area (Å²) in [5.74, 6) is 4.74. The van der Waals surface area contributed by atoms with E-state index >= 15 is 0 Å². The Kier molecular flexibility index (Phi) is 6.15. The number of hydrogen-bond acceptors (Lipinski definition) is 4. The Morgan fingerprint density at radius 3 is 2.49 bits per heavy atom. The predicted octanol–water partition coefficient (Wildman–Crippen LogP) is 7.14. The third kappa shape index (κ3) is 3.69. The molecular formula is C31H50O4. The third-order valence-electron chi connectivity index (χ3n) is 12.6. The molecule has 4 aliphatic carbocycles. The molecule has 2 heterocycles. The Balaban J connectivity index is 1.17. The topological polar surface area (TPSA) is 44.8 Å². The molecule has 2 aliphatic heterocycles. The Bertz CT molecular complexity index is 817. The van der Waals surface area contributed by atoms with Crippen LogP contribution < -0.4 is 0 Å². The minimum Gasteiger partial charge on any atom is -0.462 e. The molecular weight excluding hydrogens is 436 g/mol. The first kappa shape index (κ1) is 24.7. The summed E-state index contributed by atoms with van der Waals surface area (Å²) in [5, 5.41) is 0. The lowest BCUT2D eigenvalue weighted by Gasteiger charge is -2.61. The van der Waals surface area contributed by atoms with Crippen LogP contribution in [0.2, 0.25) is 0 Å². The van der Waals surface area contributed by atoms with Gasteiger partial charge in [0, 0.05) is 18.8 Å². The molecule has 0 radical (unpaired) electrons. The standard InChI is InChI=1S/C31H50O4/c1-6-7-27(32)34-22-11-13-29(4)21(16-22)8-9-23-24(29)12-14-30(5)25(23)17-26-28(30)20(3)31(35-26)15-10-19(2)18-33-31/h19-26,28H,6-18H2,1-5H3/t19?,20?,21?,22-,23?,24?,25?,26?,28?,29+,30+,31?/m1/s1. The molecule has 9 unspecified atom stereocenters. The SMILES string of the molecule is CCCC(=O)O[C@@H]1CC[C@@]2(C)C(CCC3C2CC[C@@]2(C)C3CC3OC4(CCC(C)CO4)C(C)C32)C1. The van der Waals surface area contributed by atoms with Gasteiger partial charge in [0.1, 0.15) is 6.10 Å². The minimum absolute atomic E-state index is 0.0176. The number of carbonyl (C=O) groups excluding carboxylic acids is 1. The lowest BCUT2D eigenvalue weighted by molar-refractivity contribution is -0.273. The van der Waals surface area contributed by atoms with Crippen LogP contribution in [0.1, 0.15) is 112 Å². The molecule has 35 heavy (non-hydrogen) atoms. The minimum atomic E-state index is -0.302. The van der Waals surface area contributed by atoms with Gasteiger partial charge in [0.05, 0.1) is 12.7 Å². The highest BCUT2D eigenvalue weighted by molar-refractivity contribution is 5.69. The van der Waals surface area contributed by atoms with Crippen LogP contribution >= 0.6 is 0 Å². The summed E-state index contributed by atoms with van der Waals surface area (Å²) in [7, 11) is 0. The molecule has 4 saturated carbocycles. The Hall–Kier alpha value is -0.610. The number of ether oxygens (including phenoxy) is 3. The van der Waals surface area contributed by atoms with E-state index in [1.54, 1.807) is 0 Å². The van der Waals surface area contributed by atoms with E-state index in [0.29, 0.717) is 41.1 Å². The third-order valence-corrected chi connectivity index (χ3v) is 12.6. The molecule has 0 N–H and O–H groups in total. The molecule has 12 atom stereocenters. The van der Waals surface area contributed by atoms with Crippen molar-refractivity contribution < 1.29 is 19.0 Å². The molecule has 6 aliphatic rings. The van der Waals surface area contributed by atoms with Crippen molar-refractivity contribution in [1.82, 2.24) is 0 Å². The van der Waals surface area contributed by atoms with Gasteiger partial charge in [-0.1, -0.05) is 34.6 Å².